The Morgan fingerprint density at radius 1 is 1.57 bits per heavy atom. The van der Waals surface area contributed by atoms with Crippen molar-refractivity contribution in [2.45, 2.75) is 19.6 Å². The van der Waals surface area contributed by atoms with Gasteiger partial charge in [-0.15, -0.1) is 0 Å². The van der Waals surface area contributed by atoms with Gasteiger partial charge in [-0.25, -0.2) is 4.39 Å². The van der Waals surface area contributed by atoms with Gasteiger partial charge in [0.25, 0.3) is 0 Å². The van der Waals surface area contributed by atoms with E-state index in [0.29, 0.717) is 18.7 Å². The van der Waals surface area contributed by atoms with E-state index in [0.717, 1.165) is 4.47 Å². The molecule has 4 heteroatoms. The van der Waals surface area contributed by atoms with Gasteiger partial charge in [-0.05, 0) is 19.1 Å². The molecule has 0 aliphatic rings. The zero-order valence-corrected chi connectivity index (χ0v) is 9.51. The molecule has 1 atom stereocenters. The predicted octanol–water partition coefficient (Wildman–Crippen LogP) is 2.06. The van der Waals surface area contributed by atoms with E-state index in [9.17, 15) is 4.39 Å². The van der Waals surface area contributed by atoms with Crippen LogP contribution in [0.5, 0.6) is 0 Å². The molecule has 0 saturated heterocycles. The third-order valence-corrected chi connectivity index (χ3v) is 2.26. The molecule has 14 heavy (non-hydrogen) atoms. The summed E-state index contributed by atoms with van der Waals surface area (Å²) in [6.07, 6.45) is -0.409. The number of aliphatic hydroxyl groups is 1. The lowest BCUT2D eigenvalue weighted by molar-refractivity contribution is 0.191. The summed E-state index contributed by atoms with van der Waals surface area (Å²) >= 11 is 3.19. The van der Waals surface area contributed by atoms with E-state index in [-0.39, 0.29) is 5.82 Å². The Morgan fingerprint density at radius 2 is 2.29 bits per heavy atom. The van der Waals surface area contributed by atoms with E-state index >= 15 is 0 Å². The van der Waals surface area contributed by atoms with Crippen LogP contribution in [0, 0.1) is 5.82 Å². The quantitative estimate of drug-likeness (QED) is 0.870. The minimum absolute atomic E-state index is 0.238. The van der Waals surface area contributed by atoms with Crippen LogP contribution in [0.4, 0.5) is 4.39 Å². The van der Waals surface area contributed by atoms with Crippen molar-refractivity contribution in [2.75, 3.05) is 6.54 Å². The van der Waals surface area contributed by atoms with Crippen molar-refractivity contribution < 1.29 is 9.50 Å². The highest BCUT2D eigenvalue weighted by molar-refractivity contribution is 9.10. The van der Waals surface area contributed by atoms with Crippen molar-refractivity contribution in [2.24, 2.45) is 0 Å². The smallest absolute Gasteiger partial charge is 0.128 e. The molecule has 1 rings (SSSR count). The summed E-state index contributed by atoms with van der Waals surface area (Å²) in [5.74, 6) is -0.238. The summed E-state index contributed by atoms with van der Waals surface area (Å²) < 4.78 is 14.0. The standard InChI is InChI=1S/C10H13BrFNO/c1-7(14)5-13-6-8-2-3-9(11)4-10(8)12/h2-4,7,13-14H,5-6H2,1H3. The van der Waals surface area contributed by atoms with Gasteiger partial charge in [0, 0.05) is 23.1 Å². The molecule has 0 saturated carbocycles. The maximum Gasteiger partial charge on any atom is 0.128 e. The van der Waals surface area contributed by atoms with Crippen LogP contribution < -0.4 is 5.32 Å². The second-order valence-corrected chi connectivity index (χ2v) is 4.13. The number of halogens is 2. The molecule has 78 valence electrons. The Bertz CT molecular complexity index is 304. The van der Waals surface area contributed by atoms with E-state index < -0.39 is 6.10 Å². The average molecular weight is 262 g/mol. The zero-order valence-electron chi connectivity index (χ0n) is 7.93. The van der Waals surface area contributed by atoms with Crippen LogP contribution in [0.2, 0.25) is 0 Å². The van der Waals surface area contributed by atoms with Crippen molar-refractivity contribution in [3.8, 4) is 0 Å². The number of hydrogen-bond donors (Lipinski definition) is 2. The molecule has 2 N–H and O–H groups in total. The Labute approximate surface area is 91.3 Å². The number of nitrogens with one attached hydrogen (secondary N) is 1. The van der Waals surface area contributed by atoms with E-state index in [1.165, 1.54) is 6.07 Å². The highest BCUT2D eigenvalue weighted by Gasteiger charge is 2.02. The van der Waals surface area contributed by atoms with Gasteiger partial charge in [0.05, 0.1) is 6.10 Å². The largest absolute Gasteiger partial charge is 0.392 e. The van der Waals surface area contributed by atoms with Crippen LogP contribution in [-0.2, 0) is 6.54 Å². The maximum absolute atomic E-state index is 13.2. The van der Waals surface area contributed by atoms with Crippen LogP contribution in [0.3, 0.4) is 0 Å². The Morgan fingerprint density at radius 3 is 2.86 bits per heavy atom. The molecule has 0 aromatic heterocycles. The van der Waals surface area contributed by atoms with Crippen LogP contribution in [0.15, 0.2) is 22.7 Å². The van der Waals surface area contributed by atoms with E-state index in [4.69, 9.17) is 5.11 Å². The van der Waals surface area contributed by atoms with Gasteiger partial charge in [-0.1, -0.05) is 22.0 Å². The van der Waals surface area contributed by atoms with Gasteiger partial charge in [0.2, 0.25) is 0 Å². The lowest BCUT2D eigenvalue weighted by Gasteiger charge is -2.07. The van der Waals surface area contributed by atoms with Gasteiger partial charge in [-0.3, -0.25) is 0 Å². The summed E-state index contributed by atoms with van der Waals surface area (Å²) in [7, 11) is 0. The van der Waals surface area contributed by atoms with Crippen molar-refractivity contribution in [3.05, 3.63) is 34.1 Å². The molecule has 0 heterocycles. The molecular formula is C10H13BrFNO. The molecular weight excluding hydrogens is 249 g/mol. The second-order valence-electron chi connectivity index (χ2n) is 3.22. The highest BCUT2D eigenvalue weighted by Crippen LogP contribution is 2.14. The van der Waals surface area contributed by atoms with Crippen LogP contribution in [-0.4, -0.2) is 17.8 Å². The molecule has 1 unspecified atom stereocenters. The minimum Gasteiger partial charge on any atom is -0.392 e. The van der Waals surface area contributed by atoms with E-state index in [1.807, 2.05) is 0 Å². The van der Waals surface area contributed by atoms with Crippen LogP contribution >= 0.6 is 15.9 Å². The fourth-order valence-electron chi connectivity index (χ4n) is 1.08. The number of benzene rings is 1. The van der Waals surface area contributed by atoms with Gasteiger partial charge >= 0.3 is 0 Å². The first kappa shape index (κ1) is 11.6. The Balaban J connectivity index is 2.51. The average Bonchev–Trinajstić information content (AvgIpc) is 2.08. The molecule has 0 aliphatic heterocycles. The van der Waals surface area contributed by atoms with Crippen molar-refractivity contribution in [1.82, 2.24) is 5.32 Å². The van der Waals surface area contributed by atoms with Gasteiger partial charge in [-0.2, -0.15) is 0 Å². The Kier molecular flexibility index (Phi) is 4.51. The third-order valence-electron chi connectivity index (χ3n) is 1.77. The first-order valence-electron chi connectivity index (χ1n) is 4.42. The molecule has 0 aliphatic carbocycles. The first-order chi connectivity index (χ1) is 6.59. The molecule has 1 aromatic carbocycles. The second kappa shape index (κ2) is 5.44. The number of aliphatic hydroxyl groups excluding tert-OH is 1. The van der Waals surface area contributed by atoms with Gasteiger partial charge < -0.3 is 10.4 Å². The van der Waals surface area contributed by atoms with Crippen molar-refractivity contribution in [3.63, 3.8) is 0 Å². The fraction of sp³-hybridized carbons (Fsp3) is 0.400. The molecule has 0 fully saturated rings. The van der Waals surface area contributed by atoms with E-state index in [1.54, 1.807) is 19.1 Å². The highest BCUT2D eigenvalue weighted by atomic mass is 79.9. The third kappa shape index (κ3) is 3.74. The topological polar surface area (TPSA) is 32.3 Å². The van der Waals surface area contributed by atoms with Crippen LogP contribution in [0.1, 0.15) is 12.5 Å². The zero-order chi connectivity index (χ0) is 10.6. The van der Waals surface area contributed by atoms with E-state index in [2.05, 4.69) is 21.2 Å². The summed E-state index contributed by atoms with van der Waals surface area (Å²) in [4.78, 5) is 0. The lowest BCUT2D eigenvalue weighted by Crippen LogP contribution is -2.24. The first-order valence-corrected chi connectivity index (χ1v) is 5.21. The Hall–Kier alpha value is -0.450. The predicted molar refractivity (Wildman–Crippen MR) is 57.5 cm³/mol. The monoisotopic (exact) mass is 261 g/mol. The lowest BCUT2D eigenvalue weighted by atomic mass is 10.2. The van der Waals surface area contributed by atoms with Crippen LogP contribution in [0.25, 0.3) is 0 Å². The molecule has 0 spiro atoms. The maximum atomic E-state index is 13.2. The molecule has 2 nitrogen and oxygen atoms in total. The number of rotatable bonds is 4. The fourth-order valence-corrected chi connectivity index (χ4v) is 1.41. The number of hydrogen-bond acceptors (Lipinski definition) is 2. The summed E-state index contributed by atoms with van der Waals surface area (Å²) in [5, 5.41) is 11.9. The summed E-state index contributed by atoms with van der Waals surface area (Å²) in [6.45, 7) is 2.59. The SMILES string of the molecule is CC(O)CNCc1ccc(Br)cc1F. The summed E-state index contributed by atoms with van der Waals surface area (Å²) in [6, 6.07) is 4.94. The molecule has 0 amide bonds. The normalized spacial score (nSPS) is 12.9. The van der Waals surface area contributed by atoms with Gasteiger partial charge in [0.1, 0.15) is 5.82 Å². The molecule has 1 aromatic rings. The van der Waals surface area contributed by atoms with Crippen molar-refractivity contribution in [1.29, 1.82) is 0 Å². The minimum atomic E-state index is -0.409. The molecule has 0 bridgehead atoms. The van der Waals surface area contributed by atoms with Gasteiger partial charge in [0.15, 0.2) is 0 Å². The van der Waals surface area contributed by atoms with Crippen molar-refractivity contribution >= 4 is 15.9 Å². The summed E-state index contributed by atoms with van der Waals surface area (Å²) in [5.41, 5.74) is 0.605. The molecule has 0 radical (unpaired) electrons.